The van der Waals surface area contributed by atoms with E-state index in [0.29, 0.717) is 11.3 Å². The SMILES string of the molecule is CC(C)C(NS(=O)(=O)c1cc(S(C)(=O)=O)sc1Cl)C(N)=O. The second kappa shape index (κ2) is 6.21. The molecule has 120 valence electrons. The summed E-state index contributed by atoms with van der Waals surface area (Å²) >= 11 is 6.43. The molecule has 1 unspecified atom stereocenters. The van der Waals surface area contributed by atoms with Crippen LogP contribution in [0.5, 0.6) is 0 Å². The number of nitrogens with one attached hydrogen (secondary N) is 1. The van der Waals surface area contributed by atoms with Gasteiger partial charge in [-0.2, -0.15) is 4.72 Å². The molecule has 0 aliphatic carbocycles. The Labute approximate surface area is 132 Å². The molecule has 1 aromatic heterocycles. The lowest BCUT2D eigenvalue weighted by Crippen LogP contribution is -2.47. The van der Waals surface area contributed by atoms with E-state index in [0.717, 1.165) is 12.3 Å². The molecule has 0 saturated heterocycles. The maximum atomic E-state index is 12.2. The van der Waals surface area contributed by atoms with Crippen molar-refractivity contribution in [2.75, 3.05) is 6.26 Å². The molecule has 1 amide bonds. The number of thiophene rings is 1. The normalized spacial score (nSPS) is 14.3. The van der Waals surface area contributed by atoms with Crippen LogP contribution < -0.4 is 10.5 Å². The van der Waals surface area contributed by atoms with Gasteiger partial charge in [0.1, 0.15) is 19.5 Å². The molecule has 1 heterocycles. The first-order valence-corrected chi connectivity index (χ1v) is 10.2. The Morgan fingerprint density at radius 2 is 1.86 bits per heavy atom. The summed E-state index contributed by atoms with van der Waals surface area (Å²) in [6, 6.07) is -0.157. The number of carbonyl (C=O) groups is 1. The lowest BCUT2D eigenvalue weighted by atomic mass is 10.1. The van der Waals surface area contributed by atoms with Crippen LogP contribution in [0.25, 0.3) is 0 Å². The number of rotatable bonds is 6. The highest BCUT2D eigenvalue weighted by Crippen LogP contribution is 2.34. The Balaban J connectivity index is 3.26. The molecule has 11 heteroatoms. The molecular weight excluding hydrogens is 360 g/mol. The molecule has 3 N–H and O–H groups in total. The highest BCUT2D eigenvalue weighted by molar-refractivity contribution is 7.93. The Hall–Kier alpha value is -0.680. The van der Waals surface area contributed by atoms with Crippen molar-refractivity contribution in [1.29, 1.82) is 0 Å². The van der Waals surface area contributed by atoms with Crippen molar-refractivity contribution in [2.45, 2.75) is 29.0 Å². The zero-order valence-corrected chi connectivity index (χ0v) is 14.7. The number of nitrogens with two attached hydrogens (primary N) is 1. The molecule has 0 spiro atoms. The predicted molar refractivity (Wildman–Crippen MR) is 80.6 cm³/mol. The van der Waals surface area contributed by atoms with Crippen molar-refractivity contribution < 1.29 is 21.6 Å². The third-order valence-corrected chi connectivity index (χ3v) is 7.41. The van der Waals surface area contributed by atoms with E-state index in [2.05, 4.69) is 4.72 Å². The van der Waals surface area contributed by atoms with Crippen LogP contribution in [0.15, 0.2) is 15.2 Å². The van der Waals surface area contributed by atoms with Crippen LogP contribution in [0, 0.1) is 5.92 Å². The van der Waals surface area contributed by atoms with Gasteiger partial charge >= 0.3 is 0 Å². The minimum Gasteiger partial charge on any atom is -0.368 e. The molecule has 1 aromatic rings. The summed E-state index contributed by atoms with van der Waals surface area (Å²) in [4.78, 5) is 10.9. The molecule has 0 aliphatic rings. The third-order valence-electron chi connectivity index (χ3n) is 2.54. The molecule has 21 heavy (non-hydrogen) atoms. The number of hydrogen-bond donors (Lipinski definition) is 2. The van der Waals surface area contributed by atoms with Crippen LogP contribution in [0.1, 0.15) is 13.8 Å². The van der Waals surface area contributed by atoms with Crippen LogP contribution in [0.3, 0.4) is 0 Å². The van der Waals surface area contributed by atoms with E-state index < -0.39 is 31.8 Å². The van der Waals surface area contributed by atoms with Gasteiger partial charge < -0.3 is 5.73 Å². The summed E-state index contributed by atoms with van der Waals surface area (Å²) in [5.74, 6) is -1.20. The molecule has 1 rings (SSSR count). The summed E-state index contributed by atoms with van der Waals surface area (Å²) in [5, 5.41) is 0. The number of sulfonamides is 1. The maximum absolute atomic E-state index is 12.2. The van der Waals surface area contributed by atoms with Gasteiger partial charge in [0.25, 0.3) is 0 Å². The minimum atomic E-state index is -4.16. The topological polar surface area (TPSA) is 123 Å². The van der Waals surface area contributed by atoms with Crippen molar-refractivity contribution in [3.63, 3.8) is 0 Å². The van der Waals surface area contributed by atoms with E-state index in [4.69, 9.17) is 17.3 Å². The number of carbonyl (C=O) groups excluding carboxylic acids is 1. The number of hydrogen-bond acceptors (Lipinski definition) is 6. The zero-order chi connectivity index (χ0) is 16.6. The molecule has 0 radical (unpaired) electrons. The van der Waals surface area contributed by atoms with Gasteiger partial charge in [0.05, 0.1) is 0 Å². The molecular formula is C10H15ClN2O5S3. The summed E-state index contributed by atoms with van der Waals surface area (Å²) in [6.07, 6.45) is 0.944. The summed E-state index contributed by atoms with van der Waals surface area (Å²) in [5.41, 5.74) is 5.14. The monoisotopic (exact) mass is 374 g/mol. The molecule has 7 nitrogen and oxygen atoms in total. The largest absolute Gasteiger partial charge is 0.368 e. The van der Waals surface area contributed by atoms with Crippen LogP contribution in [-0.2, 0) is 24.7 Å². The average Bonchev–Trinajstić information content (AvgIpc) is 2.68. The van der Waals surface area contributed by atoms with Gasteiger partial charge in [0, 0.05) is 6.26 Å². The zero-order valence-electron chi connectivity index (χ0n) is 11.5. The lowest BCUT2D eigenvalue weighted by Gasteiger charge is -2.18. The maximum Gasteiger partial charge on any atom is 0.243 e. The summed E-state index contributed by atoms with van der Waals surface area (Å²) in [7, 11) is -7.73. The Morgan fingerprint density at radius 3 is 2.19 bits per heavy atom. The van der Waals surface area contributed by atoms with Gasteiger partial charge in [0.15, 0.2) is 9.84 Å². The fourth-order valence-corrected chi connectivity index (χ4v) is 5.83. The first-order valence-electron chi connectivity index (χ1n) is 5.67. The lowest BCUT2D eigenvalue weighted by molar-refractivity contribution is -0.120. The first kappa shape index (κ1) is 18.4. The third kappa shape index (κ3) is 4.39. The molecule has 0 fully saturated rings. The van der Waals surface area contributed by atoms with E-state index in [9.17, 15) is 21.6 Å². The summed E-state index contributed by atoms with van der Waals surface area (Å²) < 4.78 is 49.1. The standard InChI is InChI=1S/C10H15ClN2O5S3/c1-5(2)8(10(12)14)13-21(17,18)6-4-7(19-9(6)11)20(3,15)16/h4-5,8,13H,1-3H3,(H2,12,14). The number of amides is 1. The average molecular weight is 375 g/mol. The van der Waals surface area contributed by atoms with Crippen LogP contribution in [-0.4, -0.2) is 35.0 Å². The van der Waals surface area contributed by atoms with Gasteiger partial charge in [-0.3, -0.25) is 4.79 Å². The van der Waals surface area contributed by atoms with Crippen molar-refractivity contribution >= 4 is 48.7 Å². The predicted octanol–water partition coefficient (Wildman–Crippen LogP) is 0.593. The van der Waals surface area contributed by atoms with Crippen LogP contribution >= 0.6 is 22.9 Å². The smallest absolute Gasteiger partial charge is 0.243 e. The number of sulfone groups is 1. The number of halogens is 1. The van der Waals surface area contributed by atoms with Crippen LogP contribution in [0.2, 0.25) is 4.34 Å². The Bertz CT molecular complexity index is 752. The van der Waals surface area contributed by atoms with Gasteiger partial charge in [-0.05, 0) is 12.0 Å². The van der Waals surface area contributed by atoms with Gasteiger partial charge in [0.2, 0.25) is 15.9 Å². The molecule has 0 aromatic carbocycles. The quantitative estimate of drug-likeness (QED) is 0.754. The fraction of sp³-hybridized carbons (Fsp3) is 0.500. The van der Waals surface area contributed by atoms with Crippen molar-refractivity contribution in [1.82, 2.24) is 4.72 Å². The Morgan fingerprint density at radius 1 is 1.33 bits per heavy atom. The van der Waals surface area contributed by atoms with Crippen molar-refractivity contribution in [2.24, 2.45) is 11.7 Å². The van der Waals surface area contributed by atoms with Crippen LogP contribution in [0.4, 0.5) is 0 Å². The fourth-order valence-electron chi connectivity index (χ4n) is 1.45. The summed E-state index contributed by atoms with van der Waals surface area (Å²) in [6.45, 7) is 3.24. The van der Waals surface area contributed by atoms with Gasteiger partial charge in [-0.25, -0.2) is 16.8 Å². The Kier molecular flexibility index (Phi) is 5.43. The van der Waals surface area contributed by atoms with Crippen molar-refractivity contribution in [3.05, 3.63) is 10.4 Å². The highest BCUT2D eigenvalue weighted by atomic mass is 35.5. The second-order valence-corrected chi connectivity index (χ2v) is 10.3. The van der Waals surface area contributed by atoms with E-state index in [1.807, 2.05) is 0 Å². The second-order valence-electron chi connectivity index (χ2n) is 4.72. The first-order chi connectivity index (χ1) is 9.36. The molecule has 0 saturated carbocycles. The van der Waals surface area contributed by atoms with Gasteiger partial charge in [-0.1, -0.05) is 25.4 Å². The van der Waals surface area contributed by atoms with Gasteiger partial charge in [-0.15, -0.1) is 11.3 Å². The molecule has 0 bridgehead atoms. The molecule has 1 atom stereocenters. The highest BCUT2D eigenvalue weighted by Gasteiger charge is 2.30. The van der Waals surface area contributed by atoms with E-state index in [-0.39, 0.29) is 19.4 Å². The van der Waals surface area contributed by atoms with E-state index in [1.54, 1.807) is 13.8 Å². The number of primary amides is 1. The molecule has 0 aliphatic heterocycles. The van der Waals surface area contributed by atoms with E-state index in [1.165, 1.54) is 0 Å². The minimum absolute atomic E-state index is 0.173. The van der Waals surface area contributed by atoms with E-state index >= 15 is 0 Å². The van der Waals surface area contributed by atoms with Crippen molar-refractivity contribution in [3.8, 4) is 0 Å².